The summed E-state index contributed by atoms with van der Waals surface area (Å²) in [5.74, 6) is 0.590. The number of aliphatic imine (C=N–C) groups is 1. The van der Waals surface area contributed by atoms with E-state index in [0.29, 0.717) is 37.7 Å². The molecule has 0 radical (unpaired) electrons. The van der Waals surface area contributed by atoms with Crippen molar-refractivity contribution in [1.29, 1.82) is 0 Å². The lowest BCUT2D eigenvalue weighted by atomic mass is 10.1. The van der Waals surface area contributed by atoms with Crippen LogP contribution >= 0.6 is 24.0 Å². The largest absolute Gasteiger partial charge is 0.444 e. The number of carbonyl (C=O) groups is 2. The van der Waals surface area contributed by atoms with Gasteiger partial charge in [-0.05, 0) is 44.9 Å². The zero-order valence-corrected chi connectivity index (χ0v) is 20.8. The number of carbonyl (C=O) groups excluding carboxylic acids is 2. The van der Waals surface area contributed by atoms with Crippen LogP contribution in [0.25, 0.3) is 0 Å². The number of nitrogens with zero attached hydrogens (tertiary/aromatic N) is 2. The number of nitrogens with one attached hydrogen (secondary N) is 3. The molecule has 168 valence electrons. The third-order valence-electron chi connectivity index (χ3n) is 4.28. The molecule has 1 saturated heterocycles. The molecule has 2 amide bonds. The number of likely N-dealkylation sites (tertiary alicyclic amines) is 1. The highest BCUT2D eigenvalue weighted by molar-refractivity contribution is 14.0. The van der Waals surface area contributed by atoms with Gasteiger partial charge in [0, 0.05) is 38.8 Å². The molecule has 0 unspecified atom stereocenters. The highest BCUT2D eigenvalue weighted by atomic mass is 127. The first-order chi connectivity index (χ1) is 13.7. The SMILES string of the molecule is CCCNC(=O)c1cccc(CNC(=NC)NC2CN(C(=O)OC(C)(C)C)C2)c1.I. The normalized spacial score (nSPS) is 14.3. The molecule has 2 rings (SSSR count). The van der Waals surface area contributed by atoms with Gasteiger partial charge in [0.25, 0.3) is 5.91 Å². The molecule has 1 heterocycles. The van der Waals surface area contributed by atoms with Crippen LogP contribution in [0.2, 0.25) is 0 Å². The number of ether oxygens (including phenoxy) is 1. The van der Waals surface area contributed by atoms with Gasteiger partial charge in [-0.15, -0.1) is 24.0 Å². The molecule has 1 aliphatic rings. The maximum atomic E-state index is 12.1. The van der Waals surface area contributed by atoms with Gasteiger partial charge >= 0.3 is 6.09 Å². The van der Waals surface area contributed by atoms with E-state index in [1.807, 2.05) is 45.9 Å². The van der Waals surface area contributed by atoms with Crippen LogP contribution in [-0.2, 0) is 11.3 Å². The quantitative estimate of drug-likeness (QED) is 0.298. The van der Waals surface area contributed by atoms with Crippen LogP contribution in [0.15, 0.2) is 29.3 Å². The summed E-state index contributed by atoms with van der Waals surface area (Å²) < 4.78 is 5.36. The average molecular weight is 531 g/mol. The average Bonchev–Trinajstić information content (AvgIpc) is 2.63. The molecule has 3 N–H and O–H groups in total. The summed E-state index contributed by atoms with van der Waals surface area (Å²) in [5.41, 5.74) is 1.14. The Hall–Kier alpha value is -2.04. The molecule has 1 aromatic rings. The van der Waals surface area contributed by atoms with E-state index in [1.165, 1.54) is 0 Å². The highest BCUT2D eigenvalue weighted by Crippen LogP contribution is 2.15. The molecule has 1 aliphatic heterocycles. The summed E-state index contributed by atoms with van der Waals surface area (Å²) >= 11 is 0. The molecule has 0 aliphatic carbocycles. The van der Waals surface area contributed by atoms with E-state index in [-0.39, 0.29) is 42.0 Å². The van der Waals surface area contributed by atoms with Crippen molar-refractivity contribution in [1.82, 2.24) is 20.9 Å². The predicted octanol–water partition coefficient (Wildman–Crippen LogP) is 2.73. The third-order valence-corrected chi connectivity index (χ3v) is 4.28. The van der Waals surface area contributed by atoms with Crippen molar-refractivity contribution in [2.75, 3.05) is 26.7 Å². The fraction of sp³-hybridized carbons (Fsp3) is 0.571. The standard InChI is InChI=1S/C21H33N5O3.HI/c1-6-10-23-18(27)16-9-7-8-15(11-16)12-24-19(22-5)25-17-13-26(14-17)20(28)29-21(2,3)4;/h7-9,11,17H,6,10,12-14H2,1-5H3,(H,23,27)(H2,22,24,25);1H. The van der Waals surface area contributed by atoms with Gasteiger partial charge in [0.15, 0.2) is 5.96 Å². The minimum atomic E-state index is -0.491. The van der Waals surface area contributed by atoms with Crippen LogP contribution in [0.1, 0.15) is 50.0 Å². The number of hydrogen-bond donors (Lipinski definition) is 3. The molecule has 9 heteroatoms. The first kappa shape index (κ1) is 26.0. The van der Waals surface area contributed by atoms with Crippen molar-refractivity contribution in [3.63, 3.8) is 0 Å². The molecule has 0 spiro atoms. The number of halogens is 1. The van der Waals surface area contributed by atoms with Crippen LogP contribution in [0.4, 0.5) is 4.79 Å². The Morgan fingerprint density at radius 2 is 1.93 bits per heavy atom. The number of amides is 2. The maximum Gasteiger partial charge on any atom is 0.410 e. The van der Waals surface area contributed by atoms with Gasteiger partial charge in [-0.3, -0.25) is 9.79 Å². The van der Waals surface area contributed by atoms with Crippen molar-refractivity contribution in [2.24, 2.45) is 4.99 Å². The minimum Gasteiger partial charge on any atom is -0.444 e. The van der Waals surface area contributed by atoms with Gasteiger partial charge < -0.3 is 25.6 Å². The van der Waals surface area contributed by atoms with Gasteiger partial charge in [0.2, 0.25) is 0 Å². The summed E-state index contributed by atoms with van der Waals surface area (Å²) in [6.45, 7) is 9.94. The second-order valence-electron chi connectivity index (χ2n) is 8.11. The Morgan fingerprint density at radius 3 is 2.53 bits per heavy atom. The molecule has 0 aromatic heterocycles. The second-order valence-corrected chi connectivity index (χ2v) is 8.11. The Bertz CT molecular complexity index is 742. The molecule has 1 fully saturated rings. The van der Waals surface area contributed by atoms with Crippen molar-refractivity contribution < 1.29 is 14.3 Å². The summed E-state index contributed by atoms with van der Waals surface area (Å²) in [5, 5.41) is 9.43. The van der Waals surface area contributed by atoms with Gasteiger partial charge in [-0.25, -0.2) is 4.79 Å². The lowest BCUT2D eigenvalue weighted by molar-refractivity contribution is 0.00700. The van der Waals surface area contributed by atoms with Crippen molar-refractivity contribution in [2.45, 2.75) is 52.3 Å². The monoisotopic (exact) mass is 531 g/mol. The van der Waals surface area contributed by atoms with E-state index < -0.39 is 5.60 Å². The molecule has 30 heavy (non-hydrogen) atoms. The van der Waals surface area contributed by atoms with Crippen molar-refractivity contribution in [3.05, 3.63) is 35.4 Å². The zero-order valence-electron chi connectivity index (χ0n) is 18.4. The maximum absolute atomic E-state index is 12.1. The summed E-state index contributed by atoms with van der Waals surface area (Å²) in [7, 11) is 1.70. The Kier molecular flexibility index (Phi) is 10.4. The molecule has 0 bridgehead atoms. The molecule has 1 aromatic carbocycles. The Balaban J connectivity index is 0.00000450. The van der Waals surface area contributed by atoms with E-state index in [4.69, 9.17) is 4.74 Å². The summed E-state index contributed by atoms with van der Waals surface area (Å²) in [6.07, 6.45) is 0.610. The van der Waals surface area contributed by atoms with Crippen LogP contribution in [0.5, 0.6) is 0 Å². The molecule has 0 atom stereocenters. The number of rotatable bonds is 6. The van der Waals surface area contributed by atoms with E-state index >= 15 is 0 Å². The fourth-order valence-electron chi connectivity index (χ4n) is 2.78. The topological polar surface area (TPSA) is 95.1 Å². The van der Waals surface area contributed by atoms with E-state index in [9.17, 15) is 9.59 Å². The van der Waals surface area contributed by atoms with Gasteiger partial charge in [-0.2, -0.15) is 0 Å². The molecular weight excluding hydrogens is 497 g/mol. The van der Waals surface area contributed by atoms with Gasteiger partial charge in [0.1, 0.15) is 5.60 Å². The van der Waals surface area contributed by atoms with Gasteiger partial charge in [0.05, 0.1) is 6.04 Å². The number of hydrogen-bond acceptors (Lipinski definition) is 4. The van der Waals surface area contributed by atoms with E-state index in [1.54, 1.807) is 18.0 Å². The van der Waals surface area contributed by atoms with Crippen molar-refractivity contribution in [3.8, 4) is 0 Å². The van der Waals surface area contributed by atoms with Crippen LogP contribution in [0, 0.1) is 0 Å². The lowest BCUT2D eigenvalue weighted by Crippen LogP contribution is -2.63. The molecular formula is C21H34IN5O3. The number of guanidine groups is 1. The first-order valence-electron chi connectivity index (χ1n) is 10.0. The first-order valence-corrected chi connectivity index (χ1v) is 10.0. The Morgan fingerprint density at radius 1 is 1.23 bits per heavy atom. The Labute approximate surface area is 196 Å². The minimum absolute atomic E-state index is 0. The molecule has 8 nitrogen and oxygen atoms in total. The summed E-state index contributed by atoms with van der Waals surface area (Å²) in [6, 6.07) is 7.64. The van der Waals surface area contributed by atoms with Crippen molar-refractivity contribution >= 4 is 41.9 Å². The lowest BCUT2D eigenvalue weighted by Gasteiger charge is -2.40. The third kappa shape index (κ3) is 8.37. The summed E-state index contributed by atoms with van der Waals surface area (Å²) in [4.78, 5) is 30.0. The van der Waals surface area contributed by atoms with Crippen LogP contribution < -0.4 is 16.0 Å². The van der Waals surface area contributed by atoms with Gasteiger partial charge in [-0.1, -0.05) is 19.1 Å². The zero-order chi connectivity index (χ0) is 21.4. The smallest absolute Gasteiger partial charge is 0.410 e. The fourth-order valence-corrected chi connectivity index (χ4v) is 2.78. The van der Waals surface area contributed by atoms with E-state index in [2.05, 4.69) is 20.9 Å². The van der Waals surface area contributed by atoms with E-state index in [0.717, 1.165) is 12.0 Å². The van der Waals surface area contributed by atoms with Crippen LogP contribution in [-0.4, -0.2) is 61.2 Å². The highest BCUT2D eigenvalue weighted by Gasteiger charge is 2.34. The second kappa shape index (κ2) is 12.0. The molecule has 0 saturated carbocycles. The number of benzene rings is 1. The van der Waals surface area contributed by atoms with Crippen LogP contribution in [0.3, 0.4) is 0 Å². The predicted molar refractivity (Wildman–Crippen MR) is 129 cm³/mol.